The van der Waals surface area contributed by atoms with E-state index in [1.165, 1.54) is 12.1 Å². The third-order valence-corrected chi connectivity index (χ3v) is 3.79. The van der Waals surface area contributed by atoms with E-state index in [4.69, 9.17) is 10.00 Å². The Labute approximate surface area is 125 Å². The van der Waals surface area contributed by atoms with Crippen molar-refractivity contribution in [2.24, 2.45) is 0 Å². The molecule has 0 saturated carbocycles. The topological polar surface area (TPSA) is 39.5 Å². The van der Waals surface area contributed by atoms with E-state index in [0.29, 0.717) is 17.7 Å². The lowest BCUT2D eigenvalue weighted by molar-refractivity contribution is 0.0782. The fourth-order valence-corrected chi connectivity index (χ4v) is 2.52. The molecule has 5 heteroatoms. The highest BCUT2D eigenvalue weighted by atomic mass is 19.1. The van der Waals surface area contributed by atoms with Crippen molar-refractivity contribution < 1.29 is 9.13 Å². The summed E-state index contributed by atoms with van der Waals surface area (Å²) >= 11 is 0. The van der Waals surface area contributed by atoms with E-state index in [-0.39, 0.29) is 5.82 Å². The van der Waals surface area contributed by atoms with E-state index in [1.54, 1.807) is 6.07 Å². The summed E-state index contributed by atoms with van der Waals surface area (Å²) in [6.45, 7) is 8.86. The number of nitrogens with zero attached hydrogens (tertiary/aromatic N) is 3. The molecule has 1 aliphatic heterocycles. The minimum Gasteiger partial charge on any atom is -0.380 e. The van der Waals surface area contributed by atoms with Gasteiger partial charge in [0.15, 0.2) is 0 Å². The van der Waals surface area contributed by atoms with Crippen LogP contribution >= 0.6 is 0 Å². The number of piperazine rings is 1. The number of ether oxygens (including phenoxy) is 1. The van der Waals surface area contributed by atoms with Gasteiger partial charge in [-0.3, -0.25) is 9.80 Å². The van der Waals surface area contributed by atoms with Gasteiger partial charge in [-0.25, -0.2) is 4.39 Å². The summed E-state index contributed by atoms with van der Waals surface area (Å²) < 4.78 is 19.1. The van der Waals surface area contributed by atoms with Gasteiger partial charge in [0.1, 0.15) is 5.82 Å². The van der Waals surface area contributed by atoms with Crippen molar-refractivity contribution >= 4 is 0 Å². The van der Waals surface area contributed by atoms with Crippen LogP contribution in [0.4, 0.5) is 4.39 Å². The van der Waals surface area contributed by atoms with E-state index < -0.39 is 0 Å². The van der Waals surface area contributed by atoms with Crippen molar-refractivity contribution in [1.29, 1.82) is 5.26 Å². The van der Waals surface area contributed by atoms with Crippen LogP contribution in [0.25, 0.3) is 0 Å². The first-order valence-corrected chi connectivity index (χ1v) is 7.44. The smallest absolute Gasteiger partial charge is 0.127 e. The van der Waals surface area contributed by atoms with Crippen LogP contribution in [0.3, 0.4) is 0 Å². The molecule has 1 aromatic carbocycles. The monoisotopic (exact) mass is 291 g/mol. The Morgan fingerprint density at radius 1 is 1.24 bits per heavy atom. The van der Waals surface area contributed by atoms with Crippen LogP contribution in [0.1, 0.15) is 18.1 Å². The second-order valence-corrected chi connectivity index (χ2v) is 5.23. The molecule has 21 heavy (non-hydrogen) atoms. The molecule has 1 fully saturated rings. The number of hydrogen-bond acceptors (Lipinski definition) is 4. The van der Waals surface area contributed by atoms with Gasteiger partial charge in [0.05, 0.1) is 18.2 Å². The number of nitriles is 1. The maximum absolute atomic E-state index is 13.8. The van der Waals surface area contributed by atoms with Crippen LogP contribution in [0.2, 0.25) is 0 Å². The third kappa shape index (κ3) is 4.78. The van der Waals surface area contributed by atoms with Crippen molar-refractivity contribution in [1.82, 2.24) is 9.80 Å². The van der Waals surface area contributed by atoms with E-state index >= 15 is 0 Å². The van der Waals surface area contributed by atoms with Crippen molar-refractivity contribution in [3.8, 4) is 6.07 Å². The Bertz CT molecular complexity index is 493. The maximum atomic E-state index is 13.8. The molecule has 0 spiro atoms. The molecule has 2 rings (SSSR count). The average molecular weight is 291 g/mol. The van der Waals surface area contributed by atoms with Gasteiger partial charge in [0, 0.05) is 51.4 Å². The third-order valence-electron chi connectivity index (χ3n) is 3.79. The van der Waals surface area contributed by atoms with Gasteiger partial charge in [0.2, 0.25) is 0 Å². The highest BCUT2D eigenvalue weighted by Gasteiger charge is 2.17. The molecule has 0 atom stereocenters. The first-order valence-electron chi connectivity index (χ1n) is 7.44. The fraction of sp³-hybridized carbons (Fsp3) is 0.562. The normalized spacial score (nSPS) is 16.8. The van der Waals surface area contributed by atoms with Gasteiger partial charge in [-0.2, -0.15) is 5.26 Å². The Balaban J connectivity index is 1.82. The Morgan fingerprint density at radius 3 is 2.62 bits per heavy atom. The highest BCUT2D eigenvalue weighted by Crippen LogP contribution is 2.14. The maximum Gasteiger partial charge on any atom is 0.127 e. The van der Waals surface area contributed by atoms with Crippen LogP contribution in [-0.2, 0) is 11.3 Å². The summed E-state index contributed by atoms with van der Waals surface area (Å²) in [5, 5.41) is 8.89. The Kier molecular flexibility index (Phi) is 6.12. The fourth-order valence-electron chi connectivity index (χ4n) is 2.52. The molecule has 114 valence electrons. The predicted octanol–water partition coefficient (Wildman–Crippen LogP) is 1.85. The lowest BCUT2D eigenvalue weighted by Gasteiger charge is -2.34. The lowest BCUT2D eigenvalue weighted by atomic mass is 10.1. The summed E-state index contributed by atoms with van der Waals surface area (Å²) in [5.74, 6) is -0.229. The predicted molar refractivity (Wildman–Crippen MR) is 79.3 cm³/mol. The molecular weight excluding hydrogens is 269 g/mol. The van der Waals surface area contributed by atoms with Gasteiger partial charge in [0.25, 0.3) is 0 Å². The van der Waals surface area contributed by atoms with E-state index in [1.807, 2.05) is 6.92 Å². The highest BCUT2D eigenvalue weighted by molar-refractivity contribution is 5.33. The summed E-state index contributed by atoms with van der Waals surface area (Å²) in [5.41, 5.74) is 1.12. The largest absolute Gasteiger partial charge is 0.380 e. The summed E-state index contributed by atoms with van der Waals surface area (Å²) in [7, 11) is 0. The standard InChI is InChI=1S/C16H22FN3O/c1-2-21-10-9-19-5-7-20(8-6-19)13-15-11-14(12-18)3-4-16(15)17/h3-4,11H,2,5-10,13H2,1H3. The van der Waals surface area contributed by atoms with Crippen LogP contribution in [-0.4, -0.2) is 55.7 Å². The summed E-state index contributed by atoms with van der Waals surface area (Å²) in [4.78, 5) is 4.60. The number of halogens is 1. The SMILES string of the molecule is CCOCCN1CCN(Cc2cc(C#N)ccc2F)CC1. The molecule has 1 aliphatic rings. The molecule has 0 amide bonds. The zero-order valence-corrected chi connectivity index (χ0v) is 12.5. The van der Waals surface area contributed by atoms with Crippen LogP contribution < -0.4 is 0 Å². The summed E-state index contributed by atoms with van der Waals surface area (Å²) in [6, 6.07) is 6.61. The van der Waals surface area contributed by atoms with Crippen molar-refractivity contribution in [3.63, 3.8) is 0 Å². The molecular formula is C16H22FN3O. The van der Waals surface area contributed by atoms with Crippen molar-refractivity contribution in [2.45, 2.75) is 13.5 Å². The lowest BCUT2D eigenvalue weighted by Crippen LogP contribution is -2.46. The van der Waals surface area contributed by atoms with Crippen molar-refractivity contribution in [3.05, 3.63) is 35.1 Å². The zero-order valence-electron chi connectivity index (χ0n) is 12.5. The number of benzene rings is 1. The molecule has 0 aliphatic carbocycles. The molecule has 0 bridgehead atoms. The molecule has 0 unspecified atom stereocenters. The minimum atomic E-state index is -0.229. The van der Waals surface area contributed by atoms with Crippen molar-refractivity contribution in [2.75, 3.05) is 45.9 Å². The molecule has 1 heterocycles. The average Bonchev–Trinajstić information content (AvgIpc) is 2.51. The molecule has 0 N–H and O–H groups in total. The Morgan fingerprint density at radius 2 is 1.95 bits per heavy atom. The van der Waals surface area contributed by atoms with Gasteiger partial charge in [-0.15, -0.1) is 0 Å². The van der Waals surface area contributed by atoms with Gasteiger partial charge in [-0.05, 0) is 25.1 Å². The van der Waals surface area contributed by atoms with E-state index in [0.717, 1.165) is 45.9 Å². The number of hydrogen-bond donors (Lipinski definition) is 0. The minimum absolute atomic E-state index is 0.229. The van der Waals surface area contributed by atoms with Crippen LogP contribution in [0, 0.1) is 17.1 Å². The first-order chi connectivity index (χ1) is 10.2. The quantitative estimate of drug-likeness (QED) is 0.750. The zero-order chi connectivity index (χ0) is 15.1. The van der Waals surface area contributed by atoms with E-state index in [2.05, 4.69) is 15.9 Å². The van der Waals surface area contributed by atoms with Gasteiger partial charge >= 0.3 is 0 Å². The Hall–Kier alpha value is -1.48. The van der Waals surface area contributed by atoms with Crippen LogP contribution in [0.5, 0.6) is 0 Å². The first kappa shape index (κ1) is 15.9. The number of rotatable bonds is 6. The van der Waals surface area contributed by atoms with Crippen LogP contribution in [0.15, 0.2) is 18.2 Å². The molecule has 4 nitrogen and oxygen atoms in total. The molecule has 0 aromatic heterocycles. The molecule has 1 saturated heterocycles. The van der Waals surface area contributed by atoms with Gasteiger partial charge < -0.3 is 4.74 Å². The second kappa shape index (κ2) is 8.08. The summed E-state index contributed by atoms with van der Waals surface area (Å²) in [6.07, 6.45) is 0. The molecule has 0 radical (unpaired) electrons. The van der Waals surface area contributed by atoms with Gasteiger partial charge in [-0.1, -0.05) is 0 Å². The second-order valence-electron chi connectivity index (χ2n) is 5.23. The van der Waals surface area contributed by atoms with E-state index in [9.17, 15) is 4.39 Å². The molecule has 1 aromatic rings.